The van der Waals surface area contributed by atoms with E-state index in [1.165, 1.54) is 11.8 Å². The van der Waals surface area contributed by atoms with Gasteiger partial charge in [-0.3, -0.25) is 9.54 Å². The third-order valence-corrected chi connectivity index (χ3v) is 6.42. The minimum atomic E-state index is -4.31. The molecule has 0 saturated carbocycles. The number of para-hydroxylation sites is 2. The van der Waals surface area contributed by atoms with Crippen LogP contribution in [0.3, 0.4) is 0 Å². The number of hydrogen-bond acceptors (Lipinski definition) is 5. The van der Waals surface area contributed by atoms with Crippen LogP contribution in [0.1, 0.15) is 36.3 Å². The maximum atomic E-state index is 12.1. The second-order valence-electron chi connectivity index (χ2n) is 7.32. The molecule has 1 aromatic heterocycles. The van der Waals surface area contributed by atoms with Gasteiger partial charge in [0.1, 0.15) is 5.25 Å². The number of rotatable bonds is 7. The molecule has 30 heavy (non-hydrogen) atoms. The van der Waals surface area contributed by atoms with Crippen LogP contribution in [0.5, 0.6) is 11.5 Å². The summed E-state index contributed by atoms with van der Waals surface area (Å²) in [6.45, 7) is 2.51. The molecule has 0 saturated heterocycles. The third kappa shape index (κ3) is 4.17. The van der Waals surface area contributed by atoms with Crippen molar-refractivity contribution in [2.75, 3.05) is 11.4 Å². The average molecular weight is 425 g/mol. The van der Waals surface area contributed by atoms with Gasteiger partial charge in [-0.25, -0.2) is 0 Å². The molecule has 1 unspecified atom stereocenters. The van der Waals surface area contributed by atoms with E-state index in [2.05, 4.69) is 28.9 Å². The van der Waals surface area contributed by atoms with Gasteiger partial charge in [-0.15, -0.1) is 0 Å². The minimum absolute atomic E-state index is 0.182. The monoisotopic (exact) mass is 424 g/mol. The molecular formula is C23H24N2O4S. The van der Waals surface area contributed by atoms with Crippen molar-refractivity contribution in [3.8, 4) is 11.5 Å². The number of hydrogen-bond donors (Lipinski definition) is 1. The number of benzene rings is 2. The molecule has 0 aliphatic carbocycles. The quantitative estimate of drug-likeness (QED) is 0.519. The SMILES string of the molecule is CCCc1ccc2c(c1)N(CCC(c1ccccn1)S(=O)(=O)O)c1ccccc1O2. The summed E-state index contributed by atoms with van der Waals surface area (Å²) in [4.78, 5) is 6.22. The Morgan fingerprint density at radius 1 is 1.03 bits per heavy atom. The zero-order chi connectivity index (χ0) is 21.1. The Morgan fingerprint density at radius 2 is 1.80 bits per heavy atom. The van der Waals surface area contributed by atoms with Gasteiger partial charge in [-0.1, -0.05) is 37.6 Å². The molecule has 156 valence electrons. The first-order valence-corrected chi connectivity index (χ1v) is 11.5. The molecule has 4 rings (SSSR count). The summed E-state index contributed by atoms with van der Waals surface area (Å²) in [6, 6.07) is 18.9. The van der Waals surface area contributed by atoms with Gasteiger partial charge < -0.3 is 9.64 Å². The molecule has 3 aromatic rings. The van der Waals surface area contributed by atoms with Crippen LogP contribution in [0.4, 0.5) is 11.4 Å². The molecule has 0 amide bonds. The fourth-order valence-corrected chi connectivity index (χ4v) is 4.67. The predicted octanol–water partition coefficient (Wildman–Crippen LogP) is 5.30. The van der Waals surface area contributed by atoms with Crippen molar-refractivity contribution in [2.24, 2.45) is 0 Å². The molecule has 1 aliphatic rings. The van der Waals surface area contributed by atoms with E-state index < -0.39 is 15.4 Å². The van der Waals surface area contributed by atoms with E-state index in [1.54, 1.807) is 18.2 Å². The van der Waals surface area contributed by atoms with Crippen molar-refractivity contribution in [1.29, 1.82) is 0 Å². The molecule has 0 spiro atoms. The van der Waals surface area contributed by atoms with Crippen LogP contribution in [-0.4, -0.2) is 24.5 Å². The van der Waals surface area contributed by atoms with E-state index in [4.69, 9.17) is 4.74 Å². The number of aryl methyl sites for hydroxylation is 1. The second kappa shape index (κ2) is 8.45. The molecule has 0 radical (unpaired) electrons. The fraction of sp³-hybridized carbons (Fsp3) is 0.261. The average Bonchev–Trinajstić information content (AvgIpc) is 2.73. The van der Waals surface area contributed by atoms with E-state index >= 15 is 0 Å². The van der Waals surface area contributed by atoms with Crippen LogP contribution in [0.25, 0.3) is 0 Å². The summed E-state index contributed by atoms with van der Waals surface area (Å²) >= 11 is 0. The Balaban J connectivity index is 1.70. The standard InChI is InChI=1S/C23H24N2O4S/c1-2-7-17-11-12-22-20(16-17)25(19-9-3-4-10-21(19)29-22)15-13-23(30(26,27)28)18-8-5-6-14-24-18/h3-6,8-12,14,16,23H,2,7,13,15H2,1H3,(H,26,27,28). The first-order valence-electron chi connectivity index (χ1n) is 10.0. The first-order chi connectivity index (χ1) is 14.5. The smallest absolute Gasteiger partial charge is 0.273 e. The third-order valence-electron chi connectivity index (χ3n) is 5.22. The number of pyridine rings is 1. The van der Waals surface area contributed by atoms with Crippen LogP contribution >= 0.6 is 0 Å². The Labute approximate surface area is 176 Å². The van der Waals surface area contributed by atoms with Crippen molar-refractivity contribution in [1.82, 2.24) is 4.98 Å². The van der Waals surface area contributed by atoms with E-state index in [0.29, 0.717) is 12.2 Å². The van der Waals surface area contributed by atoms with E-state index in [-0.39, 0.29) is 6.42 Å². The van der Waals surface area contributed by atoms with Gasteiger partial charge in [0.15, 0.2) is 11.5 Å². The molecule has 0 bridgehead atoms. The van der Waals surface area contributed by atoms with Gasteiger partial charge in [0.2, 0.25) is 0 Å². The van der Waals surface area contributed by atoms with Gasteiger partial charge >= 0.3 is 0 Å². The summed E-state index contributed by atoms with van der Waals surface area (Å²) in [5, 5.41) is -1.10. The van der Waals surface area contributed by atoms with Gasteiger partial charge in [-0.05, 0) is 54.8 Å². The highest BCUT2D eigenvalue weighted by molar-refractivity contribution is 7.86. The molecule has 0 fully saturated rings. The van der Waals surface area contributed by atoms with Crippen molar-refractivity contribution in [3.63, 3.8) is 0 Å². The van der Waals surface area contributed by atoms with Crippen molar-refractivity contribution >= 4 is 21.5 Å². The maximum absolute atomic E-state index is 12.1. The van der Waals surface area contributed by atoms with Crippen molar-refractivity contribution in [2.45, 2.75) is 31.4 Å². The molecule has 1 atom stereocenters. The number of nitrogens with zero attached hydrogens (tertiary/aromatic N) is 2. The molecule has 1 N–H and O–H groups in total. The highest BCUT2D eigenvalue weighted by Crippen LogP contribution is 2.47. The minimum Gasteiger partial charge on any atom is -0.453 e. The Kier molecular flexibility index (Phi) is 5.74. The van der Waals surface area contributed by atoms with E-state index in [1.807, 2.05) is 30.3 Å². The van der Waals surface area contributed by atoms with E-state index in [9.17, 15) is 13.0 Å². The van der Waals surface area contributed by atoms with Gasteiger partial charge in [-0.2, -0.15) is 8.42 Å². The number of ether oxygens (including phenoxy) is 1. The zero-order valence-corrected chi connectivity index (χ0v) is 17.5. The summed E-state index contributed by atoms with van der Waals surface area (Å²) in [5.74, 6) is 1.45. The molecular weight excluding hydrogens is 400 g/mol. The summed E-state index contributed by atoms with van der Waals surface area (Å²) in [5.41, 5.74) is 3.30. The normalized spacial score (nSPS) is 13.9. The highest BCUT2D eigenvalue weighted by Gasteiger charge is 2.30. The molecule has 2 heterocycles. The summed E-state index contributed by atoms with van der Waals surface area (Å²) < 4.78 is 40.1. The number of fused-ring (bicyclic) bond motifs is 2. The Hall–Kier alpha value is -2.90. The Bertz CT molecular complexity index is 1130. The number of aromatic nitrogens is 1. The van der Waals surface area contributed by atoms with Gasteiger partial charge in [0, 0.05) is 12.7 Å². The molecule has 7 heteroatoms. The lowest BCUT2D eigenvalue weighted by atomic mass is 10.1. The molecule has 2 aromatic carbocycles. The Morgan fingerprint density at radius 3 is 2.53 bits per heavy atom. The highest BCUT2D eigenvalue weighted by atomic mass is 32.2. The van der Waals surface area contributed by atoms with Crippen LogP contribution in [0.2, 0.25) is 0 Å². The fourth-order valence-electron chi connectivity index (χ4n) is 3.82. The number of anilines is 2. The van der Waals surface area contributed by atoms with Crippen LogP contribution in [0.15, 0.2) is 66.9 Å². The lowest BCUT2D eigenvalue weighted by Crippen LogP contribution is -2.26. The largest absolute Gasteiger partial charge is 0.453 e. The van der Waals surface area contributed by atoms with Gasteiger partial charge in [0.05, 0.1) is 17.1 Å². The van der Waals surface area contributed by atoms with E-state index in [0.717, 1.165) is 35.7 Å². The zero-order valence-electron chi connectivity index (χ0n) is 16.7. The predicted molar refractivity (Wildman–Crippen MR) is 117 cm³/mol. The molecule has 6 nitrogen and oxygen atoms in total. The van der Waals surface area contributed by atoms with Crippen LogP contribution < -0.4 is 9.64 Å². The second-order valence-corrected chi connectivity index (χ2v) is 8.92. The molecule has 1 aliphatic heterocycles. The summed E-state index contributed by atoms with van der Waals surface area (Å²) in [6.07, 6.45) is 3.69. The summed E-state index contributed by atoms with van der Waals surface area (Å²) in [7, 11) is -4.31. The topological polar surface area (TPSA) is 79.7 Å². The maximum Gasteiger partial charge on any atom is 0.273 e. The first kappa shape index (κ1) is 20.4. The lowest BCUT2D eigenvalue weighted by Gasteiger charge is -2.33. The lowest BCUT2D eigenvalue weighted by molar-refractivity contribution is 0.459. The van der Waals surface area contributed by atoms with Crippen molar-refractivity contribution < 1.29 is 17.7 Å². The van der Waals surface area contributed by atoms with Crippen LogP contribution in [-0.2, 0) is 16.5 Å². The van der Waals surface area contributed by atoms with Crippen molar-refractivity contribution in [3.05, 3.63) is 78.1 Å². The van der Waals surface area contributed by atoms with Gasteiger partial charge in [0.25, 0.3) is 10.1 Å². The van der Waals surface area contributed by atoms with Crippen LogP contribution in [0, 0.1) is 0 Å².